The number of allylic oxidation sites excluding steroid dienone is 1. The van der Waals surface area contributed by atoms with E-state index < -0.39 is 0 Å². The Kier molecular flexibility index (Phi) is 6.06. The monoisotopic (exact) mass is 370 g/mol. The Labute approximate surface area is 159 Å². The largest absolute Gasteiger partial charge is 0.343 e. The molecule has 0 spiro atoms. The van der Waals surface area contributed by atoms with Crippen LogP contribution in [0, 0.1) is 5.82 Å². The normalized spacial score (nSPS) is 16.0. The van der Waals surface area contributed by atoms with Gasteiger partial charge < -0.3 is 10.2 Å². The molecule has 144 valence electrons. The van der Waals surface area contributed by atoms with E-state index in [1.165, 1.54) is 6.07 Å². The van der Waals surface area contributed by atoms with Gasteiger partial charge in [-0.2, -0.15) is 5.10 Å². The maximum Gasteiger partial charge on any atom is 0.274 e. The number of hydrogen-bond donors (Lipinski definition) is 1. The van der Waals surface area contributed by atoms with Crippen LogP contribution in [0.15, 0.2) is 36.9 Å². The van der Waals surface area contributed by atoms with E-state index in [4.69, 9.17) is 0 Å². The van der Waals surface area contributed by atoms with Crippen LogP contribution in [0.2, 0.25) is 0 Å². The second-order valence-electron chi connectivity index (χ2n) is 7.18. The van der Waals surface area contributed by atoms with Gasteiger partial charge in [0.1, 0.15) is 5.82 Å². The highest BCUT2D eigenvalue weighted by Gasteiger charge is 2.29. The van der Waals surface area contributed by atoms with Crippen molar-refractivity contribution in [3.8, 4) is 0 Å². The lowest BCUT2D eigenvalue weighted by Crippen LogP contribution is -2.36. The number of amides is 1. The maximum absolute atomic E-state index is 13.8. The number of aromatic nitrogens is 2. The third-order valence-corrected chi connectivity index (χ3v) is 5.04. The van der Waals surface area contributed by atoms with E-state index in [1.54, 1.807) is 31.1 Å². The summed E-state index contributed by atoms with van der Waals surface area (Å²) in [4.78, 5) is 14.1. The quantitative estimate of drug-likeness (QED) is 0.762. The Morgan fingerprint density at radius 3 is 2.93 bits per heavy atom. The van der Waals surface area contributed by atoms with E-state index in [-0.39, 0.29) is 17.8 Å². The summed E-state index contributed by atoms with van der Waals surface area (Å²) in [5.41, 5.74) is 3.43. The van der Waals surface area contributed by atoms with Gasteiger partial charge in [-0.1, -0.05) is 24.3 Å². The topological polar surface area (TPSA) is 50.2 Å². The van der Waals surface area contributed by atoms with Gasteiger partial charge in [0.2, 0.25) is 0 Å². The Hall–Kier alpha value is -2.47. The first-order valence-corrected chi connectivity index (χ1v) is 9.39. The summed E-state index contributed by atoms with van der Waals surface area (Å²) in [7, 11) is 3.49. The van der Waals surface area contributed by atoms with E-state index in [0.29, 0.717) is 25.2 Å². The van der Waals surface area contributed by atoms with Crippen LogP contribution in [0.4, 0.5) is 4.39 Å². The number of nitrogens with one attached hydrogen (secondary N) is 1. The first-order valence-electron chi connectivity index (χ1n) is 9.39. The molecule has 1 aromatic heterocycles. The van der Waals surface area contributed by atoms with Gasteiger partial charge in [0.25, 0.3) is 5.91 Å². The van der Waals surface area contributed by atoms with E-state index in [0.717, 1.165) is 36.1 Å². The van der Waals surface area contributed by atoms with Crippen LogP contribution in [0.25, 0.3) is 0 Å². The zero-order chi connectivity index (χ0) is 19.4. The standard InChI is InChI=1S/C21H27FN4O/c1-4-13-26-19-10-9-16(14-17(19)20(24-26)21(27)25(2)3)23-12-11-15-7-5-6-8-18(15)22/h4-8,16,23H,1,9-14H2,2-3H3. The first kappa shape index (κ1) is 19.3. The highest BCUT2D eigenvalue weighted by Crippen LogP contribution is 2.26. The molecule has 0 saturated carbocycles. The molecule has 1 heterocycles. The number of carbonyl (C=O) groups excluding carboxylic acids is 1. The molecule has 1 amide bonds. The molecule has 1 aliphatic carbocycles. The van der Waals surface area contributed by atoms with Crippen molar-refractivity contribution in [3.05, 3.63) is 65.3 Å². The van der Waals surface area contributed by atoms with Gasteiger partial charge in [0, 0.05) is 31.4 Å². The first-order chi connectivity index (χ1) is 13.0. The van der Waals surface area contributed by atoms with Crippen LogP contribution in [-0.4, -0.2) is 47.3 Å². The summed E-state index contributed by atoms with van der Waals surface area (Å²) in [6.07, 6.45) is 5.06. The molecular weight excluding hydrogens is 343 g/mol. The summed E-state index contributed by atoms with van der Waals surface area (Å²) in [6.45, 7) is 5.10. The van der Waals surface area contributed by atoms with Crippen molar-refractivity contribution in [1.82, 2.24) is 20.0 Å². The van der Waals surface area contributed by atoms with Gasteiger partial charge in [0.05, 0.1) is 6.54 Å². The van der Waals surface area contributed by atoms with Crippen molar-refractivity contribution in [2.45, 2.75) is 38.3 Å². The van der Waals surface area contributed by atoms with Crippen LogP contribution in [0.1, 0.15) is 33.7 Å². The lowest BCUT2D eigenvalue weighted by atomic mass is 9.91. The fraction of sp³-hybridized carbons (Fsp3) is 0.429. The summed E-state index contributed by atoms with van der Waals surface area (Å²) in [5.74, 6) is -0.226. The molecule has 0 fully saturated rings. The summed E-state index contributed by atoms with van der Waals surface area (Å²) < 4.78 is 15.7. The highest BCUT2D eigenvalue weighted by molar-refractivity contribution is 5.93. The smallest absolute Gasteiger partial charge is 0.274 e. The molecule has 1 unspecified atom stereocenters. The van der Waals surface area contributed by atoms with E-state index in [1.807, 2.05) is 16.8 Å². The Morgan fingerprint density at radius 2 is 2.22 bits per heavy atom. The molecule has 1 atom stereocenters. The number of rotatable bonds is 7. The van der Waals surface area contributed by atoms with Gasteiger partial charge in [-0.25, -0.2) is 4.39 Å². The molecule has 2 aromatic rings. The minimum absolute atomic E-state index is 0.0685. The SMILES string of the molecule is C=CCn1nc(C(=O)N(C)C)c2c1CCC(NCCc1ccccc1F)C2. The van der Waals surface area contributed by atoms with Crippen LogP contribution < -0.4 is 5.32 Å². The van der Waals surface area contributed by atoms with E-state index >= 15 is 0 Å². The minimum atomic E-state index is -0.158. The molecule has 0 radical (unpaired) electrons. The van der Waals surface area contributed by atoms with Crippen molar-refractivity contribution in [2.24, 2.45) is 0 Å². The van der Waals surface area contributed by atoms with Crippen molar-refractivity contribution < 1.29 is 9.18 Å². The minimum Gasteiger partial charge on any atom is -0.343 e. The van der Waals surface area contributed by atoms with Crippen LogP contribution in [0.3, 0.4) is 0 Å². The average molecular weight is 370 g/mol. The van der Waals surface area contributed by atoms with Crippen LogP contribution in [-0.2, 0) is 25.8 Å². The third kappa shape index (κ3) is 4.27. The molecule has 6 heteroatoms. The number of halogens is 1. The predicted molar refractivity (Wildman–Crippen MR) is 104 cm³/mol. The second-order valence-corrected chi connectivity index (χ2v) is 7.18. The zero-order valence-electron chi connectivity index (χ0n) is 16.0. The van der Waals surface area contributed by atoms with E-state index in [2.05, 4.69) is 17.0 Å². The number of nitrogens with zero attached hydrogens (tertiary/aromatic N) is 3. The maximum atomic E-state index is 13.8. The molecule has 0 aliphatic heterocycles. The molecule has 1 aliphatic rings. The average Bonchev–Trinajstić information content (AvgIpc) is 3.01. The van der Waals surface area contributed by atoms with Crippen molar-refractivity contribution in [2.75, 3.05) is 20.6 Å². The van der Waals surface area contributed by atoms with Gasteiger partial charge in [0.15, 0.2) is 5.69 Å². The van der Waals surface area contributed by atoms with Crippen molar-refractivity contribution >= 4 is 5.91 Å². The molecule has 1 N–H and O–H groups in total. The number of carbonyl (C=O) groups is 1. The Bertz CT molecular complexity index is 828. The van der Waals surface area contributed by atoms with Crippen LogP contribution >= 0.6 is 0 Å². The zero-order valence-corrected chi connectivity index (χ0v) is 16.0. The molecule has 0 saturated heterocycles. The second kappa shape index (κ2) is 8.48. The third-order valence-electron chi connectivity index (χ3n) is 5.04. The van der Waals surface area contributed by atoms with Crippen molar-refractivity contribution in [3.63, 3.8) is 0 Å². The van der Waals surface area contributed by atoms with Gasteiger partial charge in [-0.15, -0.1) is 6.58 Å². The lowest BCUT2D eigenvalue weighted by molar-refractivity contribution is 0.0820. The molecule has 27 heavy (non-hydrogen) atoms. The number of benzene rings is 1. The Morgan fingerprint density at radius 1 is 1.44 bits per heavy atom. The summed E-state index contributed by atoms with van der Waals surface area (Å²) in [5, 5.41) is 8.08. The molecule has 5 nitrogen and oxygen atoms in total. The number of fused-ring (bicyclic) bond motifs is 1. The van der Waals surface area contributed by atoms with E-state index in [9.17, 15) is 9.18 Å². The molecule has 1 aromatic carbocycles. The van der Waals surface area contributed by atoms with Gasteiger partial charge in [-0.3, -0.25) is 9.48 Å². The van der Waals surface area contributed by atoms with Crippen LogP contribution in [0.5, 0.6) is 0 Å². The highest BCUT2D eigenvalue weighted by atomic mass is 19.1. The van der Waals surface area contributed by atoms with Gasteiger partial charge >= 0.3 is 0 Å². The van der Waals surface area contributed by atoms with Crippen molar-refractivity contribution in [1.29, 1.82) is 0 Å². The fourth-order valence-corrected chi connectivity index (χ4v) is 3.63. The molecule has 3 rings (SSSR count). The predicted octanol–water partition coefficient (Wildman–Crippen LogP) is 2.60. The fourth-order valence-electron chi connectivity index (χ4n) is 3.63. The number of hydrogen-bond acceptors (Lipinski definition) is 3. The van der Waals surface area contributed by atoms with Gasteiger partial charge in [-0.05, 0) is 43.9 Å². The lowest BCUT2D eigenvalue weighted by Gasteiger charge is -2.25. The molecular formula is C21H27FN4O. The molecule has 0 bridgehead atoms. The Balaban J connectivity index is 1.70. The summed E-state index contributed by atoms with van der Waals surface area (Å²) >= 11 is 0. The summed E-state index contributed by atoms with van der Waals surface area (Å²) in [6, 6.07) is 7.15.